The van der Waals surface area contributed by atoms with E-state index in [0.29, 0.717) is 66.3 Å². The van der Waals surface area contributed by atoms with E-state index in [1.807, 2.05) is 60.7 Å². The first-order valence-electron chi connectivity index (χ1n) is 38.2. The summed E-state index contributed by atoms with van der Waals surface area (Å²) in [7, 11) is 2.57. The third-order valence-corrected chi connectivity index (χ3v) is 18.9. The molecule has 0 aliphatic rings. The molecule has 11 rings (SSSR count). The summed E-state index contributed by atoms with van der Waals surface area (Å²) in [5.74, 6) is -4.77. The van der Waals surface area contributed by atoms with Crippen molar-refractivity contribution in [1.82, 2.24) is 26.6 Å². The number of aliphatic hydroxyl groups excluding tert-OH is 2. The number of methoxy groups -OCH3 is 2. The number of esters is 2. The number of rotatable bonds is 30. The number of aromatic hydroxyl groups is 5. The molecule has 0 saturated carbocycles. The number of phenolic OH excluding ortho intramolecular Hbond substituents is 5. The smallest absolute Gasteiger partial charge is 0.328 e. The van der Waals surface area contributed by atoms with E-state index in [4.69, 9.17) is 72.8 Å². The number of aliphatic hydroxyl groups is 2. The Bertz CT molecular complexity index is 5040. The monoisotopic (exact) mass is 1810 g/mol. The van der Waals surface area contributed by atoms with Crippen molar-refractivity contribution in [3.05, 3.63) is 360 Å². The highest BCUT2D eigenvalue weighted by molar-refractivity contribution is 6.31. The minimum Gasteiger partial charge on any atom is -0.508 e. The fourth-order valence-electron chi connectivity index (χ4n) is 11.3. The average Bonchev–Trinajstić information content (AvgIpc) is 0.881. The molecule has 0 aliphatic heterocycles. The summed E-state index contributed by atoms with van der Waals surface area (Å²) in [5, 5.41) is 98.4. The molecule has 32 heteroatoms. The van der Waals surface area contributed by atoms with Gasteiger partial charge in [0.15, 0.2) is 0 Å². The number of amides is 5. The van der Waals surface area contributed by atoms with Crippen LogP contribution in [0.3, 0.4) is 0 Å². The van der Waals surface area contributed by atoms with Crippen LogP contribution in [0.15, 0.2) is 279 Å². The average molecular weight is 1810 g/mol. The van der Waals surface area contributed by atoms with E-state index >= 15 is 0 Å². The van der Waals surface area contributed by atoms with Gasteiger partial charge in [-0.15, -0.1) is 12.4 Å². The molecule has 0 bridgehead atoms. The Morgan fingerprint density at radius 2 is 0.552 bits per heavy atom. The van der Waals surface area contributed by atoms with E-state index in [1.54, 1.807) is 146 Å². The lowest BCUT2D eigenvalue weighted by atomic mass is 10.0. The van der Waals surface area contributed by atoms with Crippen molar-refractivity contribution in [2.75, 3.05) is 27.4 Å². The first-order chi connectivity index (χ1) is 59.3. The first-order valence-corrected chi connectivity index (χ1v) is 39.7. The third kappa shape index (κ3) is 38.5. The SMILES string of the molecule is COC(=O)[C@@H](N)Cc1ccc(O)cc1.COC(=O)[C@H](Cc1ccc(O)cc1)NC(=O)c1ccc(Cl)cc1.Cl.N[C@H](CO)Cc1ccccc1.O=C(N[C@@H](Cc1ccc(O)cc1)C(=O)N[C@H](CO)Cc1ccccc1)c1ccc(Cl)cc1.O=C(N[C@@H](Cc1ccc(O)cc1)C(=O)O)c1ccc(Cl)cc1.O=C(N[C@@H](Cc1ccc(O)cc1)C(=O)O)c1ccc(Cl)cc1. The number of nitrogens with two attached hydrogens (primary N) is 2. The molecule has 0 unspecified atom stereocenters. The molecule has 11 aromatic rings. The first kappa shape index (κ1) is 102. The summed E-state index contributed by atoms with van der Waals surface area (Å²) in [6.45, 7) is -0.188. The zero-order chi connectivity index (χ0) is 90.6. The van der Waals surface area contributed by atoms with Crippen LogP contribution in [0, 0.1) is 0 Å². The summed E-state index contributed by atoms with van der Waals surface area (Å²) in [6, 6.07) is 71.1. The molecule has 11 aromatic carbocycles. The van der Waals surface area contributed by atoms with Gasteiger partial charge < -0.3 is 93.5 Å². The number of hydrogen-bond acceptors (Lipinski definition) is 20. The largest absolute Gasteiger partial charge is 0.508 e. The number of aliphatic carboxylic acids is 2. The Kier molecular flexibility index (Phi) is 44.6. The molecule has 125 heavy (non-hydrogen) atoms. The van der Waals surface area contributed by atoms with Crippen molar-refractivity contribution in [2.24, 2.45) is 11.5 Å². The lowest BCUT2D eigenvalue weighted by molar-refractivity contribution is -0.143. The summed E-state index contributed by atoms with van der Waals surface area (Å²) in [5.41, 5.74) is 18.5. The molecule has 0 aliphatic carbocycles. The van der Waals surface area contributed by atoms with Crippen molar-refractivity contribution in [3.63, 3.8) is 0 Å². The number of carboxylic acid groups (broad SMARTS) is 2. The summed E-state index contributed by atoms with van der Waals surface area (Å²) < 4.78 is 9.23. The topological polar surface area (TPSA) is 466 Å². The van der Waals surface area contributed by atoms with Crippen LogP contribution in [0.2, 0.25) is 20.1 Å². The van der Waals surface area contributed by atoms with E-state index in [-0.39, 0.29) is 86.1 Å². The zero-order valence-electron chi connectivity index (χ0n) is 67.6. The number of ether oxygens (including phenoxy) is 2. The molecule has 0 aromatic heterocycles. The van der Waals surface area contributed by atoms with E-state index in [1.165, 1.54) is 92.6 Å². The number of hydrogen-bond donors (Lipinski definition) is 16. The Morgan fingerprint density at radius 1 is 0.304 bits per heavy atom. The highest BCUT2D eigenvalue weighted by Gasteiger charge is 2.28. The van der Waals surface area contributed by atoms with Gasteiger partial charge in [0, 0.05) is 74.1 Å². The molecule has 658 valence electrons. The Morgan fingerprint density at radius 3 is 0.824 bits per heavy atom. The molecule has 0 spiro atoms. The number of halogens is 5. The standard InChI is InChI=1S/C25H25ClN2O4.C17H16ClNO4.2C16H14ClNO4.C10H13NO3.C9H13NO.ClH/c26-20-10-8-19(9-11-20)24(31)28-23(15-18-6-12-22(30)13-7-18)25(32)27-21(16-29)14-17-4-2-1-3-5-17;1-23-17(22)15(10-11-2-8-14(20)9-3-11)19-16(21)12-4-6-13(18)7-5-12;2*17-12-5-3-11(4-6-12)15(20)18-14(16(21)22)9-10-1-7-13(19)8-2-10;1-14-10(13)9(11)6-7-2-4-8(12)5-3-7;10-9(7-11)6-8-4-2-1-3-5-8;/h1-13,21,23,29-30H,14-16H2,(H,27,32)(H,28,31);2-9,15,20H,10H2,1H3,(H,19,21);2*1-8,14,19H,9H2,(H,18,20)(H,21,22);2-5,9,12H,6,11H2,1H3;1-5,9,11H,6-7,10H2;1H/t21-,23-;15-;2*14-;2*9-;/m000000./s1. The fraction of sp³-hybridized carbons (Fsp3) is 0.194. The van der Waals surface area contributed by atoms with Crippen LogP contribution in [0.4, 0.5) is 0 Å². The third-order valence-electron chi connectivity index (χ3n) is 17.9. The Balaban J connectivity index is 0.000000273. The number of carbonyl (C=O) groups is 9. The lowest BCUT2D eigenvalue weighted by Gasteiger charge is -2.23. The number of carbonyl (C=O) groups excluding carboxylic acids is 7. The normalized spacial score (nSPS) is 12.0. The molecule has 7 atom stereocenters. The summed E-state index contributed by atoms with van der Waals surface area (Å²) in [6.07, 6.45) is 2.33. The van der Waals surface area contributed by atoms with E-state index in [0.717, 1.165) is 28.7 Å². The number of benzene rings is 11. The van der Waals surface area contributed by atoms with E-state index in [9.17, 15) is 78.9 Å². The zero-order valence-corrected chi connectivity index (χ0v) is 71.4. The molecule has 5 amide bonds. The maximum atomic E-state index is 13.1. The van der Waals surface area contributed by atoms with E-state index < -0.39 is 89.7 Å². The van der Waals surface area contributed by atoms with Crippen LogP contribution in [-0.2, 0) is 78.4 Å². The van der Waals surface area contributed by atoms with Crippen molar-refractivity contribution in [1.29, 1.82) is 0 Å². The minimum absolute atomic E-state index is 0. The second-order valence-corrected chi connectivity index (χ2v) is 29.3. The molecular formula is C93H96Cl5N7O20. The predicted molar refractivity (Wildman–Crippen MR) is 479 cm³/mol. The molecule has 0 heterocycles. The number of carboxylic acids is 2. The Hall–Kier alpha value is -13.1. The van der Waals surface area contributed by atoms with Crippen molar-refractivity contribution in [2.45, 2.75) is 87.2 Å². The molecular weight excluding hydrogens is 1710 g/mol. The number of phenols is 5. The maximum absolute atomic E-state index is 13.1. The molecule has 18 N–H and O–H groups in total. The van der Waals surface area contributed by atoms with Gasteiger partial charge in [-0.05, 0) is 216 Å². The van der Waals surface area contributed by atoms with Gasteiger partial charge in [-0.1, -0.05) is 168 Å². The second-order valence-electron chi connectivity index (χ2n) is 27.5. The summed E-state index contributed by atoms with van der Waals surface area (Å²) >= 11 is 23.2. The molecule has 0 fully saturated rings. The van der Waals surface area contributed by atoms with Gasteiger partial charge in [-0.3, -0.25) is 28.8 Å². The minimum atomic E-state index is -1.13. The Labute approximate surface area is 748 Å². The van der Waals surface area contributed by atoms with Crippen LogP contribution < -0.4 is 38.1 Å². The van der Waals surface area contributed by atoms with Crippen LogP contribution in [0.25, 0.3) is 0 Å². The van der Waals surface area contributed by atoms with Gasteiger partial charge in [0.1, 0.15) is 59.0 Å². The second kappa shape index (κ2) is 54.4. The maximum Gasteiger partial charge on any atom is 0.328 e. The van der Waals surface area contributed by atoms with Crippen LogP contribution in [-0.4, -0.2) is 169 Å². The van der Waals surface area contributed by atoms with Gasteiger partial charge in [0.25, 0.3) is 23.6 Å². The highest BCUT2D eigenvalue weighted by Crippen LogP contribution is 2.21. The van der Waals surface area contributed by atoms with Crippen LogP contribution >= 0.6 is 58.8 Å². The van der Waals surface area contributed by atoms with Gasteiger partial charge in [-0.2, -0.15) is 0 Å². The molecule has 0 saturated heterocycles. The number of nitrogens with one attached hydrogen (secondary N) is 5. The molecule has 27 nitrogen and oxygen atoms in total. The molecule has 0 radical (unpaired) electrons. The van der Waals surface area contributed by atoms with Gasteiger partial charge >= 0.3 is 23.9 Å². The van der Waals surface area contributed by atoms with Gasteiger partial charge in [0.05, 0.1) is 33.5 Å². The van der Waals surface area contributed by atoms with Gasteiger partial charge in [0.2, 0.25) is 5.91 Å². The summed E-state index contributed by atoms with van der Waals surface area (Å²) in [4.78, 5) is 108. The fourth-order valence-corrected chi connectivity index (χ4v) is 11.8. The predicted octanol–water partition coefficient (Wildman–Crippen LogP) is 12.0. The van der Waals surface area contributed by atoms with Crippen LogP contribution in [0.5, 0.6) is 28.7 Å². The van der Waals surface area contributed by atoms with Crippen LogP contribution in [0.1, 0.15) is 80.4 Å². The van der Waals surface area contributed by atoms with E-state index in [2.05, 4.69) is 31.3 Å². The quantitative estimate of drug-likeness (QED) is 0.0186. The van der Waals surface area contributed by atoms with Crippen molar-refractivity contribution < 1.29 is 98.6 Å². The lowest BCUT2D eigenvalue weighted by Crippen LogP contribution is -2.52. The van der Waals surface area contributed by atoms with Crippen molar-refractivity contribution in [3.8, 4) is 28.7 Å². The van der Waals surface area contributed by atoms with Gasteiger partial charge in [-0.25, -0.2) is 14.4 Å². The van der Waals surface area contributed by atoms with Crippen molar-refractivity contribution >= 4 is 112 Å². The highest BCUT2D eigenvalue weighted by atomic mass is 35.5.